The predicted octanol–water partition coefficient (Wildman–Crippen LogP) is 2.82. The molecule has 0 spiro atoms. The topological polar surface area (TPSA) is 118 Å². The SMILES string of the molecule is COc1ccc(Cl)cc1NC(=O)C/C(C)=N\NC(=O)C(=O)Nc1ccccc1OC. The number of anilines is 2. The number of amides is 3. The van der Waals surface area contributed by atoms with Crippen molar-refractivity contribution < 1.29 is 23.9 Å². The number of carbonyl (C=O) groups is 3. The van der Waals surface area contributed by atoms with Crippen LogP contribution >= 0.6 is 11.6 Å². The molecular weight excluding hydrogens is 412 g/mol. The Hall–Kier alpha value is -3.59. The molecule has 3 N–H and O–H groups in total. The summed E-state index contributed by atoms with van der Waals surface area (Å²) in [6, 6.07) is 11.5. The van der Waals surface area contributed by atoms with Gasteiger partial charge in [0.25, 0.3) is 0 Å². The highest BCUT2D eigenvalue weighted by Crippen LogP contribution is 2.27. The van der Waals surface area contributed by atoms with E-state index in [1.807, 2.05) is 0 Å². The second kappa shape index (κ2) is 10.8. The van der Waals surface area contributed by atoms with Crippen LogP contribution in [-0.4, -0.2) is 37.7 Å². The van der Waals surface area contributed by atoms with E-state index in [1.54, 1.807) is 42.5 Å². The number of nitrogens with zero attached hydrogens (tertiary/aromatic N) is 1. The minimum Gasteiger partial charge on any atom is -0.495 e. The van der Waals surface area contributed by atoms with Crippen LogP contribution in [0.3, 0.4) is 0 Å². The molecule has 0 saturated heterocycles. The maximum atomic E-state index is 12.2. The molecule has 9 nitrogen and oxygen atoms in total. The highest BCUT2D eigenvalue weighted by molar-refractivity contribution is 6.39. The Balaban J connectivity index is 1.91. The van der Waals surface area contributed by atoms with E-state index in [1.165, 1.54) is 21.1 Å². The van der Waals surface area contributed by atoms with E-state index in [-0.39, 0.29) is 12.1 Å². The molecule has 3 amide bonds. The molecular formula is C20H21ClN4O5. The first-order valence-electron chi connectivity index (χ1n) is 8.75. The van der Waals surface area contributed by atoms with Crippen molar-refractivity contribution in [3.05, 3.63) is 47.5 Å². The number of nitrogens with one attached hydrogen (secondary N) is 3. The minimum absolute atomic E-state index is 0.121. The molecule has 2 aromatic rings. The number of ether oxygens (including phenoxy) is 2. The Bertz CT molecular complexity index is 977. The third-order valence-electron chi connectivity index (χ3n) is 3.76. The van der Waals surface area contributed by atoms with Crippen molar-refractivity contribution in [1.82, 2.24) is 5.43 Å². The number of hydrogen-bond acceptors (Lipinski definition) is 6. The lowest BCUT2D eigenvalue weighted by atomic mass is 10.2. The quantitative estimate of drug-likeness (QED) is 0.353. The normalized spacial score (nSPS) is 10.7. The third-order valence-corrected chi connectivity index (χ3v) is 4.00. The lowest BCUT2D eigenvalue weighted by molar-refractivity contribution is -0.136. The van der Waals surface area contributed by atoms with Gasteiger partial charge in [-0.2, -0.15) is 5.10 Å². The second-order valence-corrected chi connectivity index (χ2v) is 6.45. The fourth-order valence-electron chi connectivity index (χ4n) is 2.37. The van der Waals surface area contributed by atoms with Crippen LogP contribution in [0.4, 0.5) is 11.4 Å². The molecule has 2 aromatic carbocycles. The summed E-state index contributed by atoms with van der Waals surface area (Å²) in [6.45, 7) is 1.53. The first-order chi connectivity index (χ1) is 14.3. The molecule has 0 aliphatic rings. The summed E-state index contributed by atoms with van der Waals surface area (Å²) in [5, 5.41) is 9.29. The summed E-state index contributed by atoms with van der Waals surface area (Å²) in [7, 11) is 2.92. The number of benzene rings is 2. The van der Waals surface area contributed by atoms with E-state index < -0.39 is 17.7 Å². The summed E-state index contributed by atoms with van der Waals surface area (Å²) in [5.74, 6) is -1.46. The monoisotopic (exact) mass is 432 g/mol. The molecule has 158 valence electrons. The molecule has 0 aliphatic heterocycles. The molecule has 30 heavy (non-hydrogen) atoms. The number of halogens is 1. The van der Waals surface area contributed by atoms with Crippen LogP contribution in [0, 0.1) is 0 Å². The van der Waals surface area contributed by atoms with Gasteiger partial charge in [0.1, 0.15) is 11.5 Å². The lowest BCUT2D eigenvalue weighted by Crippen LogP contribution is -2.33. The zero-order valence-corrected chi connectivity index (χ0v) is 17.4. The van der Waals surface area contributed by atoms with Crippen molar-refractivity contribution in [2.24, 2.45) is 5.10 Å². The zero-order chi connectivity index (χ0) is 22.1. The van der Waals surface area contributed by atoms with Gasteiger partial charge in [-0.25, -0.2) is 5.43 Å². The van der Waals surface area contributed by atoms with Crippen LogP contribution in [0.25, 0.3) is 0 Å². The van der Waals surface area contributed by atoms with Gasteiger partial charge >= 0.3 is 11.8 Å². The lowest BCUT2D eigenvalue weighted by Gasteiger charge is -2.10. The number of rotatable bonds is 7. The van der Waals surface area contributed by atoms with Gasteiger partial charge in [-0.1, -0.05) is 23.7 Å². The molecule has 0 fully saturated rings. The summed E-state index contributed by atoms with van der Waals surface area (Å²) in [6.07, 6.45) is -0.121. The van der Waals surface area contributed by atoms with Crippen LogP contribution in [0.2, 0.25) is 5.02 Å². The van der Waals surface area contributed by atoms with E-state index in [2.05, 4.69) is 21.2 Å². The Kier molecular flexibility index (Phi) is 8.18. The molecule has 2 rings (SSSR count). The molecule has 0 bridgehead atoms. The Morgan fingerprint density at radius 2 is 1.60 bits per heavy atom. The smallest absolute Gasteiger partial charge is 0.329 e. The Morgan fingerprint density at radius 3 is 2.30 bits per heavy atom. The average Bonchev–Trinajstić information content (AvgIpc) is 2.72. The highest BCUT2D eigenvalue weighted by Gasteiger charge is 2.16. The van der Waals surface area contributed by atoms with Crippen molar-refractivity contribution >= 4 is 46.4 Å². The van der Waals surface area contributed by atoms with E-state index in [9.17, 15) is 14.4 Å². The number of hydrazone groups is 1. The highest BCUT2D eigenvalue weighted by atomic mass is 35.5. The van der Waals surface area contributed by atoms with Crippen molar-refractivity contribution in [2.45, 2.75) is 13.3 Å². The second-order valence-electron chi connectivity index (χ2n) is 6.01. The fraction of sp³-hybridized carbons (Fsp3) is 0.200. The van der Waals surface area contributed by atoms with Crippen LogP contribution < -0.4 is 25.5 Å². The number of para-hydroxylation sites is 2. The maximum absolute atomic E-state index is 12.2. The number of carbonyl (C=O) groups excluding carboxylic acids is 3. The average molecular weight is 433 g/mol. The van der Waals surface area contributed by atoms with Crippen molar-refractivity contribution in [2.75, 3.05) is 24.9 Å². The van der Waals surface area contributed by atoms with Gasteiger partial charge < -0.3 is 20.1 Å². The Morgan fingerprint density at radius 1 is 0.933 bits per heavy atom. The maximum Gasteiger partial charge on any atom is 0.329 e. The van der Waals surface area contributed by atoms with Crippen LogP contribution in [0.1, 0.15) is 13.3 Å². The summed E-state index contributed by atoms with van der Waals surface area (Å²) >= 11 is 5.93. The molecule has 0 heterocycles. The summed E-state index contributed by atoms with van der Waals surface area (Å²) in [5.41, 5.74) is 3.14. The van der Waals surface area contributed by atoms with Gasteiger partial charge in [0.15, 0.2) is 0 Å². The first kappa shape index (κ1) is 22.7. The molecule has 0 unspecified atom stereocenters. The Labute approximate surface area is 178 Å². The minimum atomic E-state index is -0.989. The first-order valence-corrected chi connectivity index (χ1v) is 9.12. The van der Waals surface area contributed by atoms with E-state index >= 15 is 0 Å². The van der Waals surface area contributed by atoms with E-state index in [4.69, 9.17) is 21.1 Å². The molecule has 0 radical (unpaired) electrons. The van der Waals surface area contributed by atoms with Gasteiger partial charge in [-0.3, -0.25) is 14.4 Å². The van der Waals surface area contributed by atoms with Crippen molar-refractivity contribution in [3.63, 3.8) is 0 Å². The van der Waals surface area contributed by atoms with Gasteiger partial charge in [0, 0.05) is 10.7 Å². The molecule has 0 saturated carbocycles. The van der Waals surface area contributed by atoms with E-state index in [0.29, 0.717) is 27.9 Å². The van der Waals surface area contributed by atoms with Crippen molar-refractivity contribution in [3.8, 4) is 11.5 Å². The number of methoxy groups -OCH3 is 2. The van der Waals surface area contributed by atoms with Crippen molar-refractivity contribution in [1.29, 1.82) is 0 Å². The molecule has 0 atom stereocenters. The molecule has 0 aromatic heterocycles. The summed E-state index contributed by atoms with van der Waals surface area (Å²) < 4.78 is 10.3. The van der Waals surface area contributed by atoms with Gasteiger partial charge in [-0.15, -0.1) is 0 Å². The van der Waals surface area contributed by atoms with E-state index in [0.717, 1.165) is 0 Å². The summed E-state index contributed by atoms with van der Waals surface area (Å²) in [4.78, 5) is 36.1. The van der Waals surface area contributed by atoms with Gasteiger partial charge in [0.05, 0.1) is 32.0 Å². The van der Waals surface area contributed by atoms with Crippen LogP contribution in [0.15, 0.2) is 47.6 Å². The molecule has 10 heteroatoms. The largest absolute Gasteiger partial charge is 0.495 e. The fourth-order valence-corrected chi connectivity index (χ4v) is 2.54. The third kappa shape index (κ3) is 6.49. The zero-order valence-electron chi connectivity index (χ0n) is 16.6. The number of hydrogen-bond donors (Lipinski definition) is 3. The van der Waals surface area contributed by atoms with Gasteiger partial charge in [-0.05, 0) is 37.3 Å². The predicted molar refractivity (Wildman–Crippen MR) is 114 cm³/mol. The van der Waals surface area contributed by atoms with Crippen LogP contribution in [-0.2, 0) is 14.4 Å². The standard InChI is InChI=1S/C20H21ClN4O5/c1-12(10-18(26)22-15-11-13(21)8-9-17(15)30-3)24-25-20(28)19(27)23-14-6-4-5-7-16(14)29-2/h4-9,11H,10H2,1-3H3,(H,22,26)(H,23,27)(H,25,28)/b24-12-. The van der Waals surface area contributed by atoms with Gasteiger partial charge in [0.2, 0.25) is 5.91 Å². The van der Waals surface area contributed by atoms with Crippen LogP contribution in [0.5, 0.6) is 11.5 Å². The molecule has 0 aliphatic carbocycles.